The molecule has 2 aliphatic rings. The first-order valence-corrected chi connectivity index (χ1v) is 7.14. The number of rotatable bonds is 1. The molecule has 0 aliphatic carbocycles. The maximum atomic E-state index is 12.3. The van der Waals surface area contributed by atoms with Gasteiger partial charge >= 0.3 is 6.09 Å². The van der Waals surface area contributed by atoms with Gasteiger partial charge in [0, 0.05) is 6.54 Å². The van der Waals surface area contributed by atoms with E-state index in [1.54, 1.807) is 0 Å². The van der Waals surface area contributed by atoms with Gasteiger partial charge in [-0.2, -0.15) is 0 Å². The van der Waals surface area contributed by atoms with Gasteiger partial charge in [0.15, 0.2) is 0 Å². The largest absolute Gasteiger partial charge is 0.440 e. The van der Waals surface area contributed by atoms with Gasteiger partial charge in [-0.3, -0.25) is 4.90 Å². The molecule has 1 aromatic carbocycles. The summed E-state index contributed by atoms with van der Waals surface area (Å²) in [5.74, 6) is 0. The van der Waals surface area contributed by atoms with E-state index in [-0.39, 0.29) is 11.6 Å². The fraction of sp³-hybridized carbons (Fsp3) is 0.562. The number of carbonyl (C=O) groups excluding carboxylic acids is 1. The predicted molar refractivity (Wildman–Crippen MR) is 73.9 cm³/mol. The van der Waals surface area contributed by atoms with Crippen LogP contribution in [0.4, 0.5) is 4.79 Å². The summed E-state index contributed by atoms with van der Waals surface area (Å²) < 4.78 is 5.70. The van der Waals surface area contributed by atoms with Gasteiger partial charge in [0.05, 0.1) is 0 Å². The van der Waals surface area contributed by atoms with Crippen LogP contribution in [0.1, 0.15) is 45.1 Å². The smallest absolute Gasteiger partial charge is 0.411 e. The van der Waals surface area contributed by atoms with Crippen molar-refractivity contribution in [3.8, 4) is 0 Å². The van der Waals surface area contributed by atoms with Crippen molar-refractivity contribution in [3.63, 3.8) is 0 Å². The van der Waals surface area contributed by atoms with Crippen molar-refractivity contribution < 1.29 is 9.53 Å². The molecule has 1 atom stereocenters. The van der Waals surface area contributed by atoms with Crippen molar-refractivity contribution in [2.45, 2.75) is 50.7 Å². The maximum absolute atomic E-state index is 12.3. The number of carbonyl (C=O) groups is 1. The van der Waals surface area contributed by atoms with E-state index in [0.29, 0.717) is 0 Å². The van der Waals surface area contributed by atoms with Crippen LogP contribution in [0.5, 0.6) is 0 Å². The number of benzene rings is 1. The highest BCUT2D eigenvalue weighted by Gasteiger charge is 2.60. The molecular weight excluding hydrogens is 238 g/mol. The third-order valence-corrected chi connectivity index (χ3v) is 4.69. The number of hydrogen-bond acceptors (Lipinski definition) is 2. The Balaban J connectivity index is 2.17. The van der Waals surface area contributed by atoms with Crippen LogP contribution in [-0.2, 0) is 10.3 Å². The Morgan fingerprint density at radius 1 is 1.11 bits per heavy atom. The minimum Gasteiger partial charge on any atom is -0.440 e. The Bertz CT molecular complexity index is 483. The highest BCUT2D eigenvalue weighted by atomic mass is 16.6. The molecule has 0 saturated carbocycles. The van der Waals surface area contributed by atoms with Crippen molar-refractivity contribution >= 4 is 6.09 Å². The maximum Gasteiger partial charge on any atom is 0.411 e. The second kappa shape index (κ2) is 4.26. The summed E-state index contributed by atoms with van der Waals surface area (Å²) in [6.07, 6.45) is 4.23. The van der Waals surface area contributed by atoms with Gasteiger partial charge in [-0.15, -0.1) is 0 Å². The first-order valence-electron chi connectivity index (χ1n) is 7.14. The monoisotopic (exact) mass is 259 g/mol. The second-order valence-corrected chi connectivity index (χ2v) is 6.07. The van der Waals surface area contributed by atoms with Crippen LogP contribution in [0.25, 0.3) is 0 Å². The van der Waals surface area contributed by atoms with Gasteiger partial charge in [-0.05, 0) is 32.3 Å². The lowest BCUT2D eigenvalue weighted by Gasteiger charge is -2.43. The Kier molecular flexibility index (Phi) is 2.80. The topological polar surface area (TPSA) is 29.5 Å². The zero-order valence-corrected chi connectivity index (χ0v) is 11.7. The van der Waals surface area contributed by atoms with E-state index in [0.717, 1.165) is 25.8 Å². The lowest BCUT2D eigenvalue weighted by molar-refractivity contribution is 0.00903. The first kappa shape index (κ1) is 12.5. The molecule has 3 heteroatoms. The lowest BCUT2D eigenvalue weighted by atomic mass is 9.73. The summed E-state index contributed by atoms with van der Waals surface area (Å²) in [4.78, 5) is 14.2. The van der Waals surface area contributed by atoms with Crippen molar-refractivity contribution in [3.05, 3.63) is 35.9 Å². The molecule has 102 valence electrons. The van der Waals surface area contributed by atoms with Crippen LogP contribution < -0.4 is 0 Å². The normalized spacial score (nSPS) is 29.6. The Morgan fingerprint density at radius 2 is 1.84 bits per heavy atom. The fourth-order valence-corrected chi connectivity index (χ4v) is 3.75. The molecule has 2 heterocycles. The summed E-state index contributed by atoms with van der Waals surface area (Å²) in [6.45, 7) is 4.89. The van der Waals surface area contributed by atoms with Gasteiger partial charge in [-0.1, -0.05) is 43.2 Å². The standard InChI is InChI=1S/C16H21NO2/c1-15(2)16(13-9-5-3-6-10-13)11-7-4-8-12-17(16)14(18)19-15/h3,5-6,9-10H,4,7-8,11-12H2,1-2H3. The molecule has 2 fully saturated rings. The van der Waals surface area contributed by atoms with Crippen LogP contribution in [0.2, 0.25) is 0 Å². The van der Waals surface area contributed by atoms with Gasteiger partial charge < -0.3 is 4.74 Å². The molecule has 1 aromatic rings. The molecule has 0 N–H and O–H groups in total. The highest BCUT2D eigenvalue weighted by Crippen LogP contribution is 2.51. The lowest BCUT2D eigenvalue weighted by Crippen LogP contribution is -2.52. The highest BCUT2D eigenvalue weighted by molar-refractivity contribution is 5.73. The van der Waals surface area contributed by atoms with E-state index >= 15 is 0 Å². The number of nitrogens with zero attached hydrogens (tertiary/aromatic N) is 1. The second-order valence-electron chi connectivity index (χ2n) is 6.07. The number of ether oxygens (including phenoxy) is 1. The summed E-state index contributed by atoms with van der Waals surface area (Å²) >= 11 is 0. The molecule has 0 bridgehead atoms. The van der Waals surface area contributed by atoms with E-state index in [2.05, 4.69) is 12.1 Å². The molecular formula is C16H21NO2. The van der Waals surface area contributed by atoms with Gasteiger partial charge in [0.25, 0.3) is 0 Å². The van der Waals surface area contributed by atoms with Crippen LogP contribution in [0.15, 0.2) is 30.3 Å². The van der Waals surface area contributed by atoms with Crippen molar-refractivity contribution in [1.29, 1.82) is 0 Å². The average molecular weight is 259 g/mol. The molecule has 2 saturated heterocycles. The first-order chi connectivity index (χ1) is 9.08. The van der Waals surface area contributed by atoms with Gasteiger partial charge in [0.2, 0.25) is 0 Å². The zero-order valence-electron chi connectivity index (χ0n) is 11.7. The molecule has 19 heavy (non-hydrogen) atoms. The predicted octanol–water partition coefficient (Wildman–Crippen LogP) is 3.69. The van der Waals surface area contributed by atoms with Crippen molar-refractivity contribution in [2.24, 2.45) is 0 Å². The summed E-state index contributed by atoms with van der Waals surface area (Å²) in [6, 6.07) is 10.4. The Labute approximate surface area is 114 Å². The average Bonchev–Trinajstić information content (AvgIpc) is 2.58. The van der Waals surface area contributed by atoms with E-state index in [1.165, 1.54) is 12.0 Å². The molecule has 3 rings (SSSR count). The molecule has 1 amide bonds. The fourth-order valence-electron chi connectivity index (χ4n) is 3.75. The van der Waals surface area contributed by atoms with Gasteiger partial charge in [0.1, 0.15) is 11.1 Å². The minimum absolute atomic E-state index is 0.157. The third kappa shape index (κ3) is 1.67. The quantitative estimate of drug-likeness (QED) is 0.770. The number of cyclic esters (lactones) is 1. The minimum atomic E-state index is -0.476. The molecule has 0 spiro atoms. The zero-order chi connectivity index (χ0) is 13.5. The number of fused-ring (bicyclic) bond motifs is 1. The Morgan fingerprint density at radius 3 is 2.58 bits per heavy atom. The molecule has 0 aromatic heterocycles. The number of hydrogen-bond donors (Lipinski definition) is 0. The molecule has 0 radical (unpaired) electrons. The SMILES string of the molecule is CC1(C)OC(=O)N2CCCCCC21c1ccccc1. The van der Waals surface area contributed by atoms with Crippen LogP contribution >= 0.6 is 0 Å². The van der Waals surface area contributed by atoms with E-state index < -0.39 is 5.60 Å². The van der Waals surface area contributed by atoms with Crippen molar-refractivity contribution in [1.82, 2.24) is 4.90 Å². The van der Waals surface area contributed by atoms with Crippen LogP contribution in [-0.4, -0.2) is 23.1 Å². The Hall–Kier alpha value is -1.51. The summed E-state index contributed by atoms with van der Waals surface area (Å²) in [7, 11) is 0. The van der Waals surface area contributed by atoms with Crippen molar-refractivity contribution in [2.75, 3.05) is 6.54 Å². The summed E-state index contributed by atoms with van der Waals surface area (Å²) in [5.41, 5.74) is 0.421. The van der Waals surface area contributed by atoms with E-state index in [1.807, 2.05) is 36.9 Å². The van der Waals surface area contributed by atoms with Gasteiger partial charge in [-0.25, -0.2) is 4.79 Å². The number of amides is 1. The van der Waals surface area contributed by atoms with E-state index in [4.69, 9.17) is 4.74 Å². The molecule has 3 nitrogen and oxygen atoms in total. The van der Waals surface area contributed by atoms with Crippen LogP contribution in [0, 0.1) is 0 Å². The summed E-state index contributed by atoms with van der Waals surface area (Å²) in [5, 5.41) is 0. The van der Waals surface area contributed by atoms with Crippen LogP contribution in [0.3, 0.4) is 0 Å². The third-order valence-electron chi connectivity index (χ3n) is 4.69. The molecule has 2 aliphatic heterocycles. The molecule has 1 unspecified atom stereocenters. The van der Waals surface area contributed by atoms with E-state index in [9.17, 15) is 4.79 Å².